The summed E-state index contributed by atoms with van der Waals surface area (Å²) in [5, 5.41) is 10.5. The summed E-state index contributed by atoms with van der Waals surface area (Å²) < 4.78 is 0. The minimum atomic E-state index is -1.33. The minimum absolute atomic E-state index is 0.265. The molecule has 1 unspecified atom stereocenters. The van der Waals surface area contributed by atoms with Crippen LogP contribution in [0.3, 0.4) is 0 Å². The Bertz CT molecular complexity index is 307. The molecule has 0 saturated carbocycles. The number of aliphatic hydroxyl groups is 1. The highest BCUT2D eigenvalue weighted by Gasteiger charge is 2.33. The fraction of sp³-hybridized carbons (Fsp3) is 0.500. The van der Waals surface area contributed by atoms with Gasteiger partial charge in [-0.15, -0.1) is 11.6 Å². The zero-order valence-corrected chi connectivity index (χ0v) is 11.4. The molecule has 0 radical (unpaired) electrons. The van der Waals surface area contributed by atoms with Gasteiger partial charge in [0, 0.05) is 8.07 Å². The van der Waals surface area contributed by atoms with Gasteiger partial charge in [-0.25, -0.2) is 0 Å². The van der Waals surface area contributed by atoms with Crippen molar-refractivity contribution >= 4 is 19.7 Å². The molecule has 0 fully saturated rings. The molecule has 3 heteroatoms. The van der Waals surface area contributed by atoms with Crippen LogP contribution in [-0.4, -0.2) is 19.1 Å². The first kappa shape index (κ1) is 12.8. The second-order valence-electron chi connectivity index (χ2n) is 5.27. The van der Waals surface area contributed by atoms with Gasteiger partial charge in [0.1, 0.15) is 5.60 Å². The van der Waals surface area contributed by atoms with Crippen molar-refractivity contribution in [1.82, 2.24) is 0 Å². The molecule has 1 rings (SSSR count). The van der Waals surface area contributed by atoms with Crippen molar-refractivity contribution in [3.05, 3.63) is 35.9 Å². The normalized spacial score (nSPS) is 16.1. The van der Waals surface area contributed by atoms with E-state index in [2.05, 4.69) is 19.6 Å². The molecule has 0 spiro atoms. The summed E-state index contributed by atoms with van der Waals surface area (Å²) in [4.78, 5) is 0. The molecule has 1 atom stereocenters. The molecular formula is C12H19ClOSi. The van der Waals surface area contributed by atoms with Gasteiger partial charge in [0.2, 0.25) is 0 Å². The van der Waals surface area contributed by atoms with Gasteiger partial charge in [-0.2, -0.15) is 0 Å². The summed E-state index contributed by atoms with van der Waals surface area (Å²) in [6.07, 6.45) is 0. The molecule has 84 valence electrons. The van der Waals surface area contributed by atoms with Gasteiger partial charge in [-0.3, -0.25) is 0 Å². The van der Waals surface area contributed by atoms with Crippen LogP contribution in [0.5, 0.6) is 0 Å². The number of hydrogen-bond acceptors (Lipinski definition) is 1. The predicted molar refractivity (Wildman–Crippen MR) is 69.2 cm³/mol. The van der Waals surface area contributed by atoms with Gasteiger partial charge < -0.3 is 5.11 Å². The molecular weight excluding hydrogens is 224 g/mol. The third kappa shape index (κ3) is 3.63. The lowest BCUT2D eigenvalue weighted by atomic mass is 9.98. The Morgan fingerprint density at radius 3 is 2.13 bits per heavy atom. The molecule has 0 aromatic heterocycles. The van der Waals surface area contributed by atoms with E-state index < -0.39 is 13.7 Å². The van der Waals surface area contributed by atoms with E-state index in [1.807, 2.05) is 30.3 Å². The Morgan fingerprint density at radius 1 is 1.20 bits per heavy atom. The Kier molecular flexibility index (Phi) is 3.98. The highest BCUT2D eigenvalue weighted by Crippen LogP contribution is 2.32. The number of halogens is 1. The molecule has 0 bridgehead atoms. The van der Waals surface area contributed by atoms with Gasteiger partial charge in [0.25, 0.3) is 0 Å². The number of alkyl halides is 1. The third-order valence-electron chi connectivity index (χ3n) is 2.35. The molecule has 0 amide bonds. The maximum Gasteiger partial charge on any atom is 0.101 e. The van der Waals surface area contributed by atoms with Crippen LogP contribution in [0.1, 0.15) is 5.56 Å². The lowest BCUT2D eigenvalue weighted by Crippen LogP contribution is -2.37. The van der Waals surface area contributed by atoms with Gasteiger partial charge >= 0.3 is 0 Å². The van der Waals surface area contributed by atoms with Crippen LogP contribution in [0, 0.1) is 0 Å². The van der Waals surface area contributed by atoms with Crippen LogP contribution in [0.2, 0.25) is 25.7 Å². The molecule has 1 nitrogen and oxygen atoms in total. The van der Waals surface area contributed by atoms with Crippen LogP contribution in [0.25, 0.3) is 0 Å². The molecule has 0 aliphatic rings. The quantitative estimate of drug-likeness (QED) is 0.634. The van der Waals surface area contributed by atoms with E-state index in [-0.39, 0.29) is 5.88 Å². The van der Waals surface area contributed by atoms with Crippen molar-refractivity contribution in [3.8, 4) is 0 Å². The topological polar surface area (TPSA) is 20.2 Å². The van der Waals surface area contributed by atoms with Gasteiger partial charge in [-0.1, -0.05) is 50.0 Å². The molecule has 0 aliphatic carbocycles. The summed E-state index contributed by atoms with van der Waals surface area (Å²) in [5.41, 5.74) is 0.0789. The Balaban J connectivity index is 2.96. The number of rotatable bonds is 4. The van der Waals surface area contributed by atoms with E-state index in [1.165, 1.54) is 0 Å². The Labute approximate surface area is 98.1 Å². The SMILES string of the molecule is C[Si](C)(C)CC(O)(CCl)c1ccccc1. The zero-order chi connectivity index (χ0) is 11.5. The summed E-state index contributed by atoms with van der Waals surface area (Å²) in [6, 6.07) is 10.5. The molecule has 1 N–H and O–H groups in total. The average molecular weight is 243 g/mol. The van der Waals surface area contributed by atoms with Gasteiger partial charge in [-0.05, 0) is 11.6 Å². The monoisotopic (exact) mass is 242 g/mol. The first-order valence-electron chi connectivity index (χ1n) is 5.21. The number of benzene rings is 1. The van der Waals surface area contributed by atoms with Crippen molar-refractivity contribution in [3.63, 3.8) is 0 Å². The Hall–Kier alpha value is -0.313. The first-order chi connectivity index (χ1) is 6.87. The predicted octanol–water partition coefficient (Wildman–Crippen LogP) is 3.45. The Morgan fingerprint density at radius 2 is 1.73 bits per heavy atom. The van der Waals surface area contributed by atoms with E-state index in [4.69, 9.17) is 11.6 Å². The lowest BCUT2D eigenvalue weighted by molar-refractivity contribution is 0.0808. The highest BCUT2D eigenvalue weighted by atomic mass is 35.5. The van der Waals surface area contributed by atoms with Crippen molar-refractivity contribution in [2.24, 2.45) is 0 Å². The van der Waals surface area contributed by atoms with Crippen molar-refractivity contribution < 1.29 is 5.11 Å². The van der Waals surface area contributed by atoms with Gasteiger partial charge in [0.15, 0.2) is 0 Å². The molecule has 15 heavy (non-hydrogen) atoms. The van der Waals surface area contributed by atoms with Crippen LogP contribution in [-0.2, 0) is 5.60 Å². The van der Waals surface area contributed by atoms with E-state index in [0.717, 1.165) is 11.6 Å². The maximum absolute atomic E-state index is 10.5. The van der Waals surface area contributed by atoms with E-state index in [1.54, 1.807) is 0 Å². The highest BCUT2D eigenvalue weighted by molar-refractivity contribution is 6.76. The van der Waals surface area contributed by atoms with Gasteiger partial charge in [0.05, 0.1) is 5.88 Å². The fourth-order valence-electron chi connectivity index (χ4n) is 1.85. The van der Waals surface area contributed by atoms with Crippen molar-refractivity contribution in [2.45, 2.75) is 31.3 Å². The van der Waals surface area contributed by atoms with E-state index >= 15 is 0 Å². The molecule has 1 aromatic carbocycles. The van der Waals surface area contributed by atoms with Crippen LogP contribution in [0.4, 0.5) is 0 Å². The third-order valence-corrected chi connectivity index (χ3v) is 4.44. The summed E-state index contributed by atoms with van der Waals surface area (Å²) >= 11 is 5.92. The molecule has 0 saturated heterocycles. The fourth-order valence-corrected chi connectivity index (χ4v) is 4.34. The minimum Gasteiger partial charge on any atom is -0.384 e. The second-order valence-corrected chi connectivity index (χ2v) is 11.0. The standard InChI is InChI=1S/C12H19ClOSi/c1-15(2,3)10-12(14,9-13)11-7-5-4-6-8-11/h4-8,14H,9-10H2,1-3H3. The smallest absolute Gasteiger partial charge is 0.101 e. The maximum atomic E-state index is 10.5. The lowest BCUT2D eigenvalue weighted by Gasteiger charge is -2.32. The average Bonchev–Trinajstić information content (AvgIpc) is 2.16. The van der Waals surface area contributed by atoms with E-state index in [0.29, 0.717) is 0 Å². The summed E-state index contributed by atoms with van der Waals surface area (Å²) in [5.74, 6) is 0.265. The number of hydrogen-bond donors (Lipinski definition) is 1. The summed E-state index contributed by atoms with van der Waals surface area (Å²) in [6.45, 7) is 6.73. The van der Waals surface area contributed by atoms with Crippen molar-refractivity contribution in [1.29, 1.82) is 0 Å². The van der Waals surface area contributed by atoms with Crippen LogP contribution >= 0.6 is 11.6 Å². The zero-order valence-electron chi connectivity index (χ0n) is 9.63. The first-order valence-corrected chi connectivity index (χ1v) is 9.45. The molecule has 0 aliphatic heterocycles. The summed E-state index contributed by atoms with van der Waals surface area (Å²) in [7, 11) is -1.33. The van der Waals surface area contributed by atoms with E-state index in [9.17, 15) is 5.11 Å². The molecule has 0 heterocycles. The van der Waals surface area contributed by atoms with Crippen molar-refractivity contribution in [2.75, 3.05) is 5.88 Å². The second kappa shape index (κ2) is 4.68. The van der Waals surface area contributed by atoms with Crippen LogP contribution < -0.4 is 0 Å². The molecule has 1 aromatic rings. The van der Waals surface area contributed by atoms with Crippen LogP contribution in [0.15, 0.2) is 30.3 Å². The largest absolute Gasteiger partial charge is 0.384 e.